The highest BCUT2D eigenvalue weighted by Gasteiger charge is 2.50. The molecule has 130 valence electrons. The van der Waals surface area contributed by atoms with Gasteiger partial charge in [-0.05, 0) is 12.3 Å². The van der Waals surface area contributed by atoms with Crippen LogP contribution in [-0.2, 0) is 9.53 Å². The minimum Gasteiger partial charge on any atom is -0.394 e. The van der Waals surface area contributed by atoms with E-state index in [9.17, 15) is 15.0 Å². The van der Waals surface area contributed by atoms with Crippen LogP contribution in [0.25, 0.3) is 0 Å². The summed E-state index contributed by atoms with van der Waals surface area (Å²) in [6, 6.07) is 0. The van der Waals surface area contributed by atoms with Crippen molar-refractivity contribution >= 4 is 5.78 Å². The lowest BCUT2D eigenvalue weighted by Crippen LogP contribution is -2.70. The minimum absolute atomic E-state index is 0.178. The van der Waals surface area contributed by atoms with Crippen molar-refractivity contribution in [1.82, 2.24) is 0 Å². The second-order valence-corrected chi connectivity index (χ2v) is 6.78. The Bertz CT molecular complexity index is 349. The second-order valence-electron chi connectivity index (χ2n) is 6.78. The van der Waals surface area contributed by atoms with Crippen LogP contribution in [0.5, 0.6) is 0 Å². The van der Waals surface area contributed by atoms with Crippen LogP contribution in [-0.4, -0.2) is 58.2 Å². The molecule has 6 heteroatoms. The Morgan fingerprint density at radius 3 is 2.50 bits per heavy atom. The number of carbonyl (C=O) groups excluding carboxylic acids is 1. The van der Waals surface area contributed by atoms with E-state index in [1.807, 2.05) is 0 Å². The molecule has 0 amide bonds. The normalized spacial score (nSPS) is 32.4. The van der Waals surface area contributed by atoms with Gasteiger partial charge in [-0.25, -0.2) is 0 Å². The lowest BCUT2D eigenvalue weighted by Gasteiger charge is -2.42. The lowest BCUT2D eigenvalue weighted by molar-refractivity contribution is -0.187. The molecule has 0 spiro atoms. The molecule has 1 saturated heterocycles. The topological polar surface area (TPSA) is 113 Å². The number of carbonyl (C=O) groups is 1. The average molecular weight is 317 g/mol. The summed E-state index contributed by atoms with van der Waals surface area (Å²) in [6.07, 6.45) is 1.72. The molecule has 4 atom stereocenters. The molecule has 5 N–H and O–H groups in total. The summed E-state index contributed by atoms with van der Waals surface area (Å²) >= 11 is 0. The number of rotatable bonds is 9. The molecule has 22 heavy (non-hydrogen) atoms. The Kier molecular flexibility index (Phi) is 7.93. The first-order valence-corrected chi connectivity index (χ1v) is 8.23. The SMILES string of the molecule is CC(C)CCCCCCC(=O)[C@]1(N)CO[C@H](CO)[C@@H](O)[C@@H]1O. The van der Waals surface area contributed by atoms with Crippen molar-refractivity contribution in [3.8, 4) is 0 Å². The Morgan fingerprint density at radius 2 is 1.91 bits per heavy atom. The quantitative estimate of drug-likeness (QED) is 0.457. The van der Waals surface area contributed by atoms with E-state index in [1.165, 1.54) is 6.42 Å². The number of hydrogen-bond acceptors (Lipinski definition) is 6. The number of aliphatic hydroxyl groups is 3. The zero-order chi connectivity index (χ0) is 16.8. The number of aliphatic hydroxyl groups excluding tert-OH is 3. The summed E-state index contributed by atoms with van der Waals surface area (Å²) in [6.45, 7) is 3.79. The second kappa shape index (κ2) is 8.93. The van der Waals surface area contributed by atoms with E-state index in [0.29, 0.717) is 5.92 Å². The van der Waals surface area contributed by atoms with Gasteiger partial charge in [-0.1, -0.05) is 39.5 Å². The van der Waals surface area contributed by atoms with Gasteiger partial charge in [0, 0.05) is 6.42 Å². The summed E-state index contributed by atoms with van der Waals surface area (Å²) in [5, 5.41) is 29.0. The van der Waals surface area contributed by atoms with E-state index in [1.54, 1.807) is 0 Å². The van der Waals surface area contributed by atoms with Crippen LogP contribution in [0.4, 0.5) is 0 Å². The fraction of sp³-hybridized carbons (Fsp3) is 0.938. The van der Waals surface area contributed by atoms with E-state index in [0.717, 1.165) is 25.7 Å². The van der Waals surface area contributed by atoms with Gasteiger partial charge in [-0.2, -0.15) is 0 Å². The van der Waals surface area contributed by atoms with Crippen LogP contribution in [0, 0.1) is 5.92 Å². The molecule has 1 fully saturated rings. The van der Waals surface area contributed by atoms with Crippen molar-refractivity contribution in [1.29, 1.82) is 0 Å². The van der Waals surface area contributed by atoms with Crippen molar-refractivity contribution in [3.05, 3.63) is 0 Å². The predicted molar refractivity (Wildman–Crippen MR) is 83.3 cm³/mol. The van der Waals surface area contributed by atoms with E-state index < -0.39 is 30.5 Å². The van der Waals surface area contributed by atoms with Crippen LogP contribution < -0.4 is 5.73 Å². The van der Waals surface area contributed by atoms with E-state index in [4.69, 9.17) is 15.6 Å². The van der Waals surface area contributed by atoms with Crippen LogP contribution in [0.2, 0.25) is 0 Å². The summed E-state index contributed by atoms with van der Waals surface area (Å²) in [5.41, 5.74) is 4.39. The maximum Gasteiger partial charge on any atom is 0.157 e. The summed E-state index contributed by atoms with van der Waals surface area (Å²) < 4.78 is 5.21. The van der Waals surface area contributed by atoms with Gasteiger partial charge < -0.3 is 25.8 Å². The molecule has 0 aliphatic carbocycles. The van der Waals surface area contributed by atoms with Gasteiger partial charge in [-0.3, -0.25) is 4.79 Å². The minimum atomic E-state index is -1.58. The van der Waals surface area contributed by atoms with Crippen LogP contribution >= 0.6 is 0 Å². The molecule has 0 aromatic carbocycles. The lowest BCUT2D eigenvalue weighted by atomic mass is 9.80. The monoisotopic (exact) mass is 317 g/mol. The summed E-state index contributed by atoms with van der Waals surface area (Å²) in [7, 11) is 0. The fourth-order valence-corrected chi connectivity index (χ4v) is 2.77. The van der Waals surface area contributed by atoms with Gasteiger partial charge in [0.1, 0.15) is 23.9 Å². The van der Waals surface area contributed by atoms with Crippen molar-refractivity contribution in [2.24, 2.45) is 11.7 Å². The molecule has 0 aromatic heterocycles. The van der Waals surface area contributed by atoms with Gasteiger partial charge in [0.25, 0.3) is 0 Å². The van der Waals surface area contributed by atoms with Crippen molar-refractivity contribution in [2.45, 2.75) is 76.2 Å². The average Bonchev–Trinajstić information content (AvgIpc) is 2.48. The standard InChI is InChI=1S/C16H31NO5/c1-11(2)7-5-3-4-6-8-13(19)16(17)10-22-12(9-18)14(20)15(16)21/h11-12,14-15,18,20-21H,3-10,17H2,1-2H3/t12-,14-,15+,16-/m1/s1. The van der Waals surface area contributed by atoms with Crippen LogP contribution in [0.3, 0.4) is 0 Å². The molecular formula is C16H31NO5. The third-order valence-corrected chi connectivity index (χ3v) is 4.40. The number of unbranched alkanes of at least 4 members (excludes halogenated alkanes) is 3. The van der Waals surface area contributed by atoms with Crippen molar-refractivity contribution in [2.75, 3.05) is 13.2 Å². The van der Waals surface area contributed by atoms with E-state index in [-0.39, 0.29) is 18.8 Å². The first-order chi connectivity index (χ1) is 10.3. The Hall–Kier alpha value is -0.530. The maximum atomic E-state index is 12.3. The highest BCUT2D eigenvalue weighted by Crippen LogP contribution is 2.25. The first-order valence-electron chi connectivity index (χ1n) is 8.23. The zero-order valence-electron chi connectivity index (χ0n) is 13.7. The molecule has 0 saturated carbocycles. The van der Waals surface area contributed by atoms with Crippen molar-refractivity contribution < 1.29 is 24.9 Å². The molecule has 0 unspecified atom stereocenters. The zero-order valence-corrected chi connectivity index (χ0v) is 13.7. The Balaban J connectivity index is 2.37. The molecule has 1 aliphatic heterocycles. The molecule has 6 nitrogen and oxygen atoms in total. The van der Waals surface area contributed by atoms with Crippen molar-refractivity contribution in [3.63, 3.8) is 0 Å². The smallest absolute Gasteiger partial charge is 0.157 e. The largest absolute Gasteiger partial charge is 0.394 e. The molecule has 1 rings (SSSR count). The summed E-state index contributed by atoms with van der Waals surface area (Å²) in [4.78, 5) is 12.3. The molecular weight excluding hydrogens is 286 g/mol. The number of nitrogens with two attached hydrogens (primary N) is 1. The van der Waals surface area contributed by atoms with Crippen LogP contribution in [0.15, 0.2) is 0 Å². The van der Waals surface area contributed by atoms with Crippen LogP contribution in [0.1, 0.15) is 52.4 Å². The highest BCUT2D eigenvalue weighted by molar-refractivity contribution is 5.89. The number of Topliss-reactive ketones (excluding diaryl/α,β-unsaturated/α-hetero) is 1. The molecule has 0 bridgehead atoms. The number of ether oxygens (including phenoxy) is 1. The third kappa shape index (κ3) is 4.99. The number of ketones is 1. The highest BCUT2D eigenvalue weighted by atomic mass is 16.5. The molecule has 0 radical (unpaired) electrons. The fourth-order valence-electron chi connectivity index (χ4n) is 2.77. The maximum absolute atomic E-state index is 12.3. The van der Waals surface area contributed by atoms with Gasteiger partial charge in [0.2, 0.25) is 0 Å². The van der Waals surface area contributed by atoms with E-state index >= 15 is 0 Å². The summed E-state index contributed by atoms with van der Waals surface area (Å²) in [5.74, 6) is 0.406. The van der Waals surface area contributed by atoms with Gasteiger partial charge in [0.05, 0.1) is 13.2 Å². The van der Waals surface area contributed by atoms with Gasteiger partial charge in [-0.15, -0.1) is 0 Å². The number of hydrogen-bond donors (Lipinski definition) is 4. The van der Waals surface area contributed by atoms with Gasteiger partial charge >= 0.3 is 0 Å². The van der Waals surface area contributed by atoms with Gasteiger partial charge in [0.15, 0.2) is 5.78 Å². The third-order valence-electron chi connectivity index (χ3n) is 4.40. The Morgan fingerprint density at radius 1 is 1.27 bits per heavy atom. The van der Waals surface area contributed by atoms with E-state index in [2.05, 4.69) is 13.8 Å². The Labute approximate surface area is 132 Å². The molecule has 1 heterocycles. The first kappa shape index (κ1) is 19.5. The predicted octanol–water partition coefficient (Wildman–Crippen LogP) is 0.363. The molecule has 0 aromatic rings. The molecule has 1 aliphatic rings.